The first-order valence-electron chi connectivity index (χ1n) is 9.12. The van der Waals surface area contributed by atoms with Crippen LogP contribution in [0.1, 0.15) is 26.4 Å². The predicted molar refractivity (Wildman–Crippen MR) is 108 cm³/mol. The Balaban J connectivity index is 1.63. The topological polar surface area (TPSA) is 47.8 Å². The van der Waals surface area contributed by atoms with Gasteiger partial charge in [-0.25, -0.2) is 4.79 Å². The van der Waals surface area contributed by atoms with Gasteiger partial charge in [-0.2, -0.15) is 0 Å². The number of ketones is 1. The number of aromatic nitrogens is 1. The number of fused-ring (bicyclic) bond motifs is 1. The van der Waals surface area contributed by atoms with Crippen molar-refractivity contribution in [3.8, 4) is 0 Å². The van der Waals surface area contributed by atoms with Gasteiger partial charge in [0, 0.05) is 23.7 Å². The maximum Gasteiger partial charge on any atom is 0.356 e. The highest BCUT2D eigenvalue weighted by Crippen LogP contribution is 2.16. The van der Waals surface area contributed by atoms with Crippen LogP contribution in [0, 0.1) is 0 Å². The largest absolute Gasteiger partial charge is 0.449 e. The smallest absolute Gasteiger partial charge is 0.356 e. The molecule has 1 unspecified atom stereocenters. The van der Waals surface area contributed by atoms with Crippen LogP contribution in [0.2, 0.25) is 0 Å². The molecule has 2 aromatic heterocycles. The van der Waals surface area contributed by atoms with Crippen LogP contribution in [0.5, 0.6) is 0 Å². The van der Waals surface area contributed by atoms with E-state index >= 15 is 0 Å². The Hall–Kier alpha value is -3.66. The lowest BCUT2D eigenvalue weighted by Crippen LogP contribution is -2.30. The van der Waals surface area contributed by atoms with Gasteiger partial charge in [0.05, 0.1) is 0 Å². The number of carbonyl (C=O) groups excluding carboxylic acids is 2. The summed E-state index contributed by atoms with van der Waals surface area (Å²) in [5.41, 5.74) is 2.75. The number of Topliss-reactive ketones (excluding diaryl/α,β-unsaturated/α-hetero) is 1. The van der Waals surface area contributed by atoms with Gasteiger partial charge in [0.2, 0.25) is 5.78 Å². The molecule has 4 rings (SSSR count). The van der Waals surface area contributed by atoms with E-state index in [9.17, 15) is 9.59 Å². The van der Waals surface area contributed by atoms with Crippen LogP contribution in [0.15, 0.2) is 97.2 Å². The van der Waals surface area contributed by atoms with Gasteiger partial charge in [0.25, 0.3) is 0 Å². The third-order valence-corrected chi connectivity index (χ3v) is 4.64. The first-order chi connectivity index (χ1) is 13.7. The molecular formula is C24H19NO3. The molecule has 4 nitrogen and oxygen atoms in total. The molecule has 2 heterocycles. The zero-order valence-corrected chi connectivity index (χ0v) is 15.2. The summed E-state index contributed by atoms with van der Waals surface area (Å²) in [6.45, 7) is 0. The van der Waals surface area contributed by atoms with E-state index in [0.29, 0.717) is 17.7 Å². The first kappa shape index (κ1) is 17.7. The number of esters is 1. The second-order valence-corrected chi connectivity index (χ2v) is 6.53. The minimum Gasteiger partial charge on any atom is -0.449 e. The van der Waals surface area contributed by atoms with E-state index < -0.39 is 12.1 Å². The lowest BCUT2D eigenvalue weighted by Gasteiger charge is -2.17. The average Bonchev–Trinajstić information content (AvgIpc) is 3.18. The number of benzene rings is 2. The zero-order valence-electron chi connectivity index (χ0n) is 15.2. The van der Waals surface area contributed by atoms with Gasteiger partial charge >= 0.3 is 5.97 Å². The Kier molecular flexibility index (Phi) is 5.02. The van der Waals surface area contributed by atoms with Gasteiger partial charge in [-0.1, -0.05) is 66.7 Å². The highest BCUT2D eigenvalue weighted by molar-refractivity contribution is 6.01. The lowest BCUT2D eigenvalue weighted by molar-refractivity contribution is 0.0278. The molecule has 0 amide bonds. The van der Waals surface area contributed by atoms with Crippen molar-refractivity contribution >= 4 is 17.3 Å². The molecular weight excluding hydrogens is 350 g/mol. The molecule has 0 aliphatic heterocycles. The lowest BCUT2D eigenvalue weighted by atomic mass is 10.00. The van der Waals surface area contributed by atoms with Crippen LogP contribution < -0.4 is 0 Å². The third-order valence-electron chi connectivity index (χ3n) is 4.64. The van der Waals surface area contributed by atoms with Gasteiger partial charge < -0.3 is 9.14 Å². The number of ether oxygens (including phenoxy) is 1. The Morgan fingerprint density at radius 2 is 1.46 bits per heavy atom. The minimum absolute atomic E-state index is 0.210. The summed E-state index contributed by atoms with van der Waals surface area (Å²) in [5, 5.41) is 0. The van der Waals surface area contributed by atoms with Crippen molar-refractivity contribution in [1.82, 2.24) is 4.40 Å². The first-order valence-corrected chi connectivity index (χ1v) is 9.12. The van der Waals surface area contributed by atoms with E-state index in [4.69, 9.17) is 4.74 Å². The van der Waals surface area contributed by atoms with Crippen molar-refractivity contribution in [2.24, 2.45) is 0 Å². The maximum atomic E-state index is 13.0. The quantitative estimate of drug-likeness (QED) is 0.369. The molecule has 138 valence electrons. The van der Waals surface area contributed by atoms with Crippen molar-refractivity contribution in [2.45, 2.75) is 12.5 Å². The van der Waals surface area contributed by atoms with E-state index in [1.165, 1.54) is 0 Å². The second-order valence-electron chi connectivity index (χ2n) is 6.53. The third kappa shape index (κ3) is 3.71. The standard InChI is InChI=1S/C24H19NO3/c26-23(19-11-5-2-6-12-19)22(17-18-9-3-1-4-10-18)28-24(27)21-15-14-20-13-7-8-16-25(20)21/h1-16,22H,17H2. The molecule has 4 aromatic rings. The summed E-state index contributed by atoms with van der Waals surface area (Å²) in [7, 11) is 0. The van der Waals surface area contributed by atoms with Crippen molar-refractivity contribution in [3.05, 3.63) is 114 Å². The molecule has 0 spiro atoms. The SMILES string of the molecule is O=C(OC(Cc1ccccc1)C(=O)c1ccccc1)c1ccc2ccccn12. The van der Waals surface area contributed by atoms with Gasteiger partial charge in [-0.15, -0.1) is 0 Å². The second kappa shape index (κ2) is 7.92. The number of carbonyl (C=O) groups is 2. The Bertz CT molecular complexity index is 1100. The molecule has 0 aliphatic rings. The van der Waals surface area contributed by atoms with Crippen molar-refractivity contribution in [1.29, 1.82) is 0 Å². The number of hydrogen-bond donors (Lipinski definition) is 0. The van der Waals surface area contributed by atoms with Gasteiger partial charge in [-0.05, 0) is 29.8 Å². The summed E-state index contributed by atoms with van der Waals surface area (Å²) in [4.78, 5) is 25.9. The summed E-state index contributed by atoms with van der Waals surface area (Å²) in [5.74, 6) is -0.727. The van der Waals surface area contributed by atoms with Crippen molar-refractivity contribution < 1.29 is 14.3 Å². The predicted octanol–water partition coefficient (Wildman–Crippen LogP) is 4.59. The Labute approximate surface area is 163 Å². The highest BCUT2D eigenvalue weighted by Gasteiger charge is 2.26. The fourth-order valence-electron chi connectivity index (χ4n) is 3.22. The molecule has 2 aromatic carbocycles. The van der Waals surface area contributed by atoms with E-state index in [2.05, 4.69) is 0 Å². The minimum atomic E-state index is -0.897. The van der Waals surface area contributed by atoms with E-state index in [1.54, 1.807) is 40.9 Å². The molecule has 0 radical (unpaired) electrons. The summed E-state index contributed by atoms with van der Waals surface area (Å²) >= 11 is 0. The molecule has 0 aliphatic carbocycles. The normalized spacial score (nSPS) is 11.9. The fourth-order valence-corrected chi connectivity index (χ4v) is 3.22. The average molecular weight is 369 g/mol. The molecule has 0 saturated heterocycles. The number of pyridine rings is 1. The van der Waals surface area contributed by atoms with Crippen LogP contribution >= 0.6 is 0 Å². The molecule has 0 saturated carbocycles. The van der Waals surface area contributed by atoms with Gasteiger partial charge in [0.1, 0.15) is 5.69 Å². The van der Waals surface area contributed by atoms with Crippen LogP contribution in [0.3, 0.4) is 0 Å². The fraction of sp³-hybridized carbons (Fsp3) is 0.0833. The summed E-state index contributed by atoms with van der Waals surface area (Å²) in [6, 6.07) is 27.7. The van der Waals surface area contributed by atoms with E-state index in [0.717, 1.165) is 11.1 Å². The van der Waals surface area contributed by atoms with Crippen LogP contribution in [0.4, 0.5) is 0 Å². The van der Waals surface area contributed by atoms with Crippen molar-refractivity contribution in [2.75, 3.05) is 0 Å². The zero-order chi connectivity index (χ0) is 19.3. The molecule has 0 N–H and O–H groups in total. The van der Waals surface area contributed by atoms with Crippen LogP contribution in [-0.4, -0.2) is 22.3 Å². The van der Waals surface area contributed by atoms with E-state index in [-0.39, 0.29) is 5.78 Å². The number of hydrogen-bond acceptors (Lipinski definition) is 3. The van der Waals surface area contributed by atoms with Gasteiger partial charge in [0.15, 0.2) is 6.10 Å². The highest BCUT2D eigenvalue weighted by atomic mass is 16.5. The van der Waals surface area contributed by atoms with E-state index in [1.807, 2.05) is 60.7 Å². The molecule has 4 heteroatoms. The molecule has 28 heavy (non-hydrogen) atoms. The number of rotatable bonds is 6. The summed E-state index contributed by atoms with van der Waals surface area (Å²) < 4.78 is 7.47. The molecule has 0 fully saturated rings. The maximum absolute atomic E-state index is 13.0. The van der Waals surface area contributed by atoms with Gasteiger partial charge in [-0.3, -0.25) is 4.79 Å². The number of nitrogens with zero attached hydrogens (tertiary/aromatic N) is 1. The van der Waals surface area contributed by atoms with Crippen molar-refractivity contribution in [3.63, 3.8) is 0 Å². The molecule has 0 bridgehead atoms. The Morgan fingerprint density at radius 3 is 2.21 bits per heavy atom. The molecule has 1 atom stereocenters. The van der Waals surface area contributed by atoms with Crippen LogP contribution in [0.25, 0.3) is 5.52 Å². The monoisotopic (exact) mass is 369 g/mol. The van der Waals surface area contributed by atoms with Crippen LogP contribution in [-0.2, 0) is 11.2 Å². The Morgan fingerprint density at radius 1 is 0.786 bits per heavy atom. The summed E-state index contributed by atoms with van der Waals surface area (Å²) in [6.07, 6.45) is 1.23.